The van der Waals surface area contributed by atoms with Crippen molar-refractivity contribution < 1.29 is 4.79 Å². The van der Waals surface area contributed by atoms with E-state index < -0.39 is 5.91 Å². The minimum atomic E-state index is -0.461. The largest absolute Gasteiger partial charge is 0.366 e. The lowest BCUT2D eigenvalue weighted by Gasteiger charge is -2.27. The van der Waals surface area contributed by atoms with Crippen LogP contribution in [0.3, 0.4) is 0 Å². The van der Waals surface area contributed by atoms with Crippen molar-refractivity contribution in [2.75, 3.05) is 10.6 Å². The van der Waals surface area contributed by atoms with Gasteiger partial charge in [0.1, 0.15) is 5.82 Å². The first-order chi connectivity index (χ1) is 13.1. The zero-order valence-electron chi connectivity index (χ0n) is 14.9. The standard InChI is InChI=1S/C19H23N7O/c20-13-4-6-14(7-5-13)24-17-11-16(19-22-8-9-26(19)25-17)23-15-3-1-2-12(10-15)18(21)27/h1-3,8-11,13-14,23H,4-7,20H2,(H2,21,27)(H,24,25). The van der Waals surface area contributed by atoms with Crippen LogP contribution in [0.5, 0.6) is 0 Å². The second-order valence-electron chi connectivity index (χ2n) is 6.96. The average molecular weight is 365 g/mol. The fraction of sp³-hybridized carbons (Fsp3) is 0.316. The summed E-state index contributed by atoms with van der Waals surface area (Å²) in [5.74, 6) is 0.312. The number of imidazole rings is 1. The Kier molecular flexibility index (Phi) is 4.64. The SMILES string of the molecule is NC(=O)c1cccc(Nc2cc(NC3CCC(N)CC3)nn3ccnc23)c1. The van der Waals surface area contributed by atoms with Gasteiger partial charge in [0, 0.05) is 41.8 Å². The molecule has 0 aliphatic heterocycles. The fourth-order valence-corrected chi connectivity index (χ4v) is 3.46. The molecule has 1 saturated carbocycles. The number of hydrogen-bond acceptors (Lipinski definition) is 6. The highest BCUT2D eigenvalue weighted by atomic mass is 16.1. The van der Waals surface area contributed by atoms with E-state index in [-0.39, 0.29) is 0 Å². The maximum atomic E-state index is 11.4. The van der Waals surface area contributed by atoms with Crippen LogP contribution in [0.15, 0.2) is 42.7 Å². The van der Waals surface area contributed by atoms with E-state index in [1.165, 1.54) is 0 Å². The molecule has 27 heavy (non-hydrogen) atoms. The number of nitrogens with zero attached hydrogens (tertiary/aromatic N) is 3. The average Bonchev–Trinajstić information content (AvgIpc) is 3.13. The van der Waals surface area contributed by atoms with E-state index in [4.69, 9.17) is 11.5 Å². The van der Waals surface area contributed by atoms with Crippen molar-refractivity contribution in [3.63, 3.8) is 0 Å². The molecule has 8 heteroatoms. The van der Waals surface area contributed by atoms with E-state index >= 15 is 0 Å². The molecule has 0 unspecified atom stereocenters. The lowest BCUT2D eigenvalue weighted by atomic mass is 9.92. The van der Waals surface area contributed by atoms with Crippen LogP contribution in [-0.4, -0.2) is 32.6 Å². The second kappa shape index (κ2) is 7.24. The summed E-state index contributed by atoms with van der Waals surface area (Å²) in [6.45, 7) is 0. The molecule has 6 N–H and O–H groups in total. The number of primary amides is 1. The lowest BCUT2D eigenvalue weighted by molar-refractivity contribution is 0.100. The highest BCUT2D eigenvalue weighted by Crippen LogP contribution is 2.26. The lowest BCUT2D eigenvalue weighted by Crippen LogP contribution is -2.33. The zero-order valence-corrected chi connectivity index (χ0v) is 14.9. The van der Waals surface area contributed by atoms with E-state index in [1.807, 2.05) is 18.3 Å². The minimum absolute atomic E-state index is 0.307. The van der Waals surface area contributed by atoms with Gasteiger partial charge in [0.15, 0.2) is 5.65 Å². The predicted molar refractivity (Wildman–Crippen MR) is 105 cm³/mol. The molecule has 1 aromatic carbocycles. The Labute approximate surface area is 157 Å². The summed E-state index contributed by atoms with van der Waals surface area (Å²) in [6.07, 6.45) is 7.63. The maximum Gasteiger partial charge on any atom is 0.248 e. The van der Waals surface area contributed by atoms with Gasteiger partial charge in [0.25, 0.3) is 0 Å². The first kappa shape index (κ1) is 17.3. The number of anilines is 3. The Morgan fingerprint density at radius 3 is 2.78 bits per heavy atom. The summed E-state index contributed by atoms with van der Waals surface area (Å²) >= 11 is 0. The molecule has 1 aliphatic rings. The molecule has 3 aromatic rings. The molecule has 8 nitrogen and oxygen atoms in total. The first-order valence-electron chi connectivity index (χ1n) is 9.12. The number of nitrogens with one attached hydrogen (secondary N) is 2. The number of hydrogen-bond donors (Lipinski definition) is 4. The molecule has 2 aromatic heterocycles. The van der Waals surface area contributed by atoms with Crippen LogP contribution in [0, 0.1) is 0 Å². The number of nitrogens with two attached hydrogens (primary N) is 2. The summed E-state index contributed by atoms with van der Waals surface area (Å²) in [4.78, 5) is 15.8. The van der Waals surface area contributed by atoms with Crippen LogP contribution in [-0.2, 0) is 0 Å². The fourth-order valence-electron chi connectivity index (χ4n) is 3.46. The van der Waals surface area contributed by atoms with Crippen molar-refractivity contribution in [1.82, 2.24) is 14.6 Å². The minimum Gasteiger partial charge on any atom is -0.366 e. The Morgan fingerprint density at radius 2 is 2.00 bits per heavy atom. The molecule has 0 radical (unpaired) electrons. The van der Waals surface area contributed by atoms with Gasteiger partial charge in [-0.3, -0.25) is 4.79 Å². The topological polar surface area (TPSA) is 123 Å². The van der Waals surface area contributed by atoms with Crippen LogP contribution in [0.25, 0.3) is 5.65 Å². The number of aromatic nitrogens is 3. The van der Waals surface area contributed by atoms with E-state index in [0.717, 1.165) is 42.9 Å². The van der Waals surface area contributed by atoms with Crippen molar-refractivity contribution in [1.29, 1.82) is 0 Å². The molecule has 0 bridgehead atoms. The number of fused-ring (bicyclic) bond motifs is 1. The Morgan fingerprint density at radius 1 is 1.19 bits per heavy atom. The third kappa shape index (κ3) is 3.85. The van der Waals surface area contributed by atoms with Gasteiger partial charge >= 0.3 is 0 Å². The van der Waals surface area contributed by atoms with Gasteiger partial charge in [-0.15, -0.1) is 5.10 Å². The summed E-state index contributed by atoms with van der Waals surface area (Å²) in [5.41, 5.74) is 14.1. The molecule has 1 aliphatic carbocycles. The summed E-state index contributed by atoms with van der Waals surface area (Å²) in [7, 11) is 0. The highest BCUT2D eigenvalue weighted by Gasteiger charge is 2.19. The smallest absolute Gasteiger partial charge is 0.248 e. The van der Waals surface area contributed by atoms with E-state index in [1.54, 1.807) is 28.9 Å². The number of carbonyl (C=O) groups excluding carboxylic acids is 1. The van der Waals surface area contributed by atoms with E-state index in [2.05, 4.69) is 20.7 Å². The normalized spacial score (nSPS) is 19.7. The predicted octanol–water partition coefficient (Wildman–Crippen LogP) is 2.25. The van der Waals surface area contributed by atoms with Gasteiger partial charge in [-0.25, -0.2) is 9.50 Å². The molecule has 0 saturated heterocycles. The van der Waals surface area contributed by atoms with E-state index in [9.17, 15) is 4.79 Å². The Hall–Kier alpha value is -3.13. The highest BCUT2D eigenvalue weighted by molar-refractivity contribution is 5.94. The van der Waals surface area contributed by atoms with Crippen LogP contribution >= 0.6 is 0 Å². The summed E-state index contributed by atoms with van der Waals surface area (Å²) in [5, 5.41) is 11.4. The third-order valence-electron chi connectivity index (χ3n) is 4.91. The van der Waals surface area contributed by atoms with Crippen molar-refractivity contribution in [3.8, 4) is 0 Å². The second-order valence-corrected chi connectivity index (χ2v) is 6.96. The number of rotatable bonds is 5. The van der Waals surface area contributed by atoms with Crippen molar-refractivity contribution in [2.24, 2.45) is 11.5 Å². The van der Waals surface area contributed by atoms with Crippen molar-refractivity contribution in [2.45, 2.75) is 37.8 Å². The third-order valence-corrected chi connectivity index (χ3v) is 4.91. The van der Waals surface area contributed by atoms with Gasteiger partial charge < -0.3 is 22.1 Å². The molecule has 1 amide bonds. The maximum absolute atomic E-state index is 11.4. The van der Waals surface area contributed by atoms with E-state index in [0.29, 0.717) is 23.3 Å². The van der Waals surface area contributed by atoms with Gasteiger partial charge in [-0.1, -0.05) is 6.07 Å². The monoisotopic (exact) mass is 365 g/mol. The van der Waals surface area contributed by atoms with Crippen LogP contribution < -0.4 is 22.1 Å². The number of benzene rings is 1. The summed E-state index contributed by atoms with van der Waals surface area (Å²) in [6, 6.07) is 9.68. The molecular formula is C19H23N7O. The molecule has 4 rings (SSSR count). The Bertz CT molecular complexity index is 960. The first-order valence-corrected chi connectivity index (χ1v) is 9.12. The molecule has 1 fully saturated rings. The van der Waals surface area contributed by atoms with Gasteiger partial charge in [0.2, 0.25) is 5.91 Å². The van der Waals surface area contributed by atoms with Crippen LogP contribution in [0.4, 0.5) is 17.2 Å². The van der Waals surface area contributed by atoms with Gasteiger partial charge in [-0.2, -0.15) is 0 Å². The van der Waals surface area contributed by atoms with Crippen molar-refractivity contribution >= 4 is 28.7 Å². The molecular weight excluding hydrogens is 342 g/mol. The Balaban J connectivity index is 1.61. The molecule has 0 atom stereocenters. The molecule has 2 heterocycles. The van der Waals surface area contributed by atoms with Crippen LogP contribution in [0.2, 0.25) is 0 Å². The quantitative estimate of drug-likeness (QED) is 0.550. The van der Waals surface area contributed by atoms with Gasteiger partial charge in [0.05, 0.1) is 5.69 Å². The summed E-state index contributed by atoms with van der Waals surface area (Å²) < 4.78 is 1.73. The van der Waals surface area contributed by atoms with Crippen molar-refractivity contribution in [3.05, 3.63) is 48.3 Å². The number of amides is 1. The zero-order chi connectivity index (χ0) is 18.8. The number of carbonyl (C=O) groups is 1. The molecule has 0 spiro atoms. The molecule has 140 valence electrons. The van der Waals surface area contributed by atoms with Gasteiger partial charge in [-0.05, 0) is 43.9 Å². The van der Waals surface area contributed by atoms with Crippen LogP contribution in [0.1, 0.15) is 36.0 Å².